The second kappa shape index (κ2) is 7.09. The van der Waals surface area contributed by atoms with Gasteiger partial charge in [-0.25, -0.2) is 13.9 Å². The standard InChI is InChI=1S/C10H17N3O11P2/c1-10(16)7(14)5(4-22-26(20,21)24-25(17,18)19)23-8(10)13-3-2-6(11)12-9(13)15/h2-3,5,7-8,14,16H,4H2,1H3,(H,20,21)(H2,11,12,15)(H2,17,18,19)/t5-,7-,8-,10-/m1/s1. The van der Waals surface area contributed by atoms with Gasteiger partial charge < -0.3 is 35.4 Å². The van der Waals surface area contributed by atoms with Crippen LogP contribution in [0, 0.1) is 0 Å². The molecule has 5 atom stereocenters. The molecule has 0 radical (unpaired) electrons. The number of phosphoric ester groups is 1. The zero-order chi connectivity index (χ0) is 19.9. The highest BCUT2D eigenvalue weighted by atomic mass is 31.3. The maximum atomic E-state index is 11.9. The summed E-state index contributed by atoms with van der Waals surface area (Å²) in [4.78, 5) is 41.6. The van der Waals surface area contributed by atoms with Crippen molar-refractivity contribution < 1.29 is 47.6 Å². The maximum Gasteiger partial charge on any atom is 0.481 e. The Labute approximate surface area is 145 Å². The van der Waals surface area contributed by atoms with Gasteiger partial charge in [-0.15, -0.1) is 0 Å². The number of nitrogens with two attached hydrogens (primary N) is 1. The molecule has 16 heteroatoms. The number of aliphatic hydroxyl groups excluding tert-OH is 1. The quantitative estimate of drug-likeness (QED) is 0.277. The van der Waals surface area contributed by atoms with Gasteiger partial charge in [-0.05, 0) is 13.0 Å². The van der Waals surface area contributed by atoms with Crippen LogP contribution < -0.4 is 11.4 Å². The van der Waals surface area contributed by atoms with Crippen molar-refractivity contribution in [2.24, 2.45) is 0 Å². The Morgan fingerprint density at radius 1 is 1.42 bits per heavy atom. The number of aliphatic hydroxyl groups is 2. The van der Waals surface area contributed by atoms with E-state index in [0.717, 1.165) is 17.7 Å². The number of nitrogens with zero attached hydrogens (tertiary/aromatic N) is 2. The van der Waals surface area contributed by atoms with Crippen LogP contribution in [0.3, 0.4) is 0 Å². The summed E-state index contributed by atoms with van der Waals surface area (Å²) in [6.07, 6.45) is -3.44. The first kappa shape index (κ1) is 21.1. The van der Waals surface area contributed by atoms with Crippen molar-refractivity contribution in [3.8, 4) is 0 Å². The highest BCUT2D eigenvalue weighted by molar-refractivity contribution is 7.60. The Kier molecular flexibility index (Phi) is 5.76. The fourth-order valence-electron chi connectivity index (χ4n) is 2.31. The molecular formula is C10H17N3O11P2. The molecule has 0 saturated carbocycles. The van der Waals surface area contributed by atoms with Gasteiger partial charge in [0.2, 0.25) is 0 Å². The number of phosphoric acid groups is 2. The number of hydrogen-bond acceptors (Lipinski definition) is 10. The van der Waals surface area contributed by atoms with E-state index in [1.165, 1.54) is 6.07 Å². The zero-order valence-corrected chi connectivity index (χ0v) is 14.9. The van der Waals surface area contributed by atoms with Crippen molar-refractivity contribution >= 4 is 21.5 Å². The van der Waals surface area contributed by atoms with E-state index in [1.807, 2.05) is 0 Å². The van der Waals surface area contributed by atoms with Gasteiger partial charge >= 0.3 is 21.3 Å². The molecule has 1 fully saturated rings. The van der Waals surface area contributed by atoms with Crippen molar-refractivity contribution in [3.05, 3.63) is 22.7 Å². The van der Waals surface area contributed by atoms with Crippen molar-refractivity contribution in [1.29, 1.82) is 0 Å². The molecule has 14 nitrogen and oxygen atoms in total. The molecule has 7 N–H and O–H groups in total. The lowest BCUT2D eigenvalue weighted by molar-refractivity contribution is -0.0985. The normalized spacial score (nSPS) is 31.7. The van der Waals surface area contributed by atoms with Crippen molar-refractivity contribution in [1.82, 2.24) is 9.55 Å². The van der Waals surface area contributed by atoms with Crippen LogP contribution in [0.4, 0.5) is 5.82 Å². The van der Waals surface area contributed by atoms with Gasteiger partial charge in [0.05, 0.1) is 6.61 Å². The van der Waals surface area contributed by atoms with Crippen LogP contribution in [0.5, 0.6) is 0 Å². The van der Waals surface area contributed by atoms with Crippen LogP contribution in [-0.4, -0.2) is 58.9 Å². The SMILES string of the molecule is C[C@@]1(O)[C@H](O)[C@@H](COP(=O)(O)OP(=O)(O)O)O[C@H]1n1ccc(N)nc1=O. The van der Waals surface area contributed by atoms with Crippen LogP contribution in [-0.2, 0) is 22.7 Å². The summed E-state index contributed by atoms with van der Waals surface area (Å²) in [5.74, 6) is -0.0832. The first-order valence-electron chi connectivity index (χ1n) is 6.88. The molecule has 148 valence electrons. The number of anilines is 1. The van der Waals surface area contributed by atoms with Gasteiger partial charge in [0.1, 0.15) is 23.6 Å². The van der Waals surface area contributed by atoms with Gasteiger partial charge in [-0.2, -0.15) is 9.29 Å². The number of hydrogen-bond donors (Lipinski definition) is 6. The maximum absolute atomic E-state index is 11.9. The second-order valence-electron chi connectivity index (χ2n) is 5.58. The first-order chi connectivity index (χ1) is 11.7. The molecule has 2 rings (SSSR count). The summed E-state index contributed by atoms with van der Waals surface area (Å²) in [6, 6.07) is 1.24. The van der Waals surface area contributed by atoms with Crippen LogP contribution in [0.25, 0.3) is 0 Å². The highest BCUT2D eigenvalue weighted by Gasteiger charge is 2.54. The van der Waals surface area contributed by atoms with Crippen LogP contribution in [0.15, 0.2) is 17.1 Å². The summed E-state index contributed by atoms with van der Waals surface area (Å²) in [5, 5.41) is 20.6. The van der Waals surface area contributed by atoms with E-state index in [1.54, 1.807) is 0 Å². The third-order valence-corrected chi connectivity index (χ3v) is 5.62. The van der Waals surface area contributed by atoms with Gasteiger partial charge in [0, 0.05) is 6.20 Å². The van der Waals surface area contributed by atoms with E-state index >= 15 is 0 Å². The predicted octanol–water partition coefficient (Wildman–Crippen LogP) is -1.94. The van der Waals surface area contributed by atoms with Crippen LogP contribution >= 0.6 is 15.6 Å². The summed E-state index contributed by atoms with van der Waals surface area (Å²) in [5.41, 5.74) is 2.43. The number of ether oxygens (including phenoxy) is 1. The minimum atomic E-state index is -5.32. The van der Waals surface area contributed by atoms with Crippen LogP contribution in [0.1, 0.15) is 13.2 Å². The van der Waals surface area contributed by atoms with Crippen molar-refractivity contribution in [2.45, 2.75) is 31.0 Å². The summed E-state index contributed by atoms with van der Waals surface area (Å²) < 4.78 is 36.1. The lowest BCUT2D eigenvalue weighted by Gasteiger charge is -2.27. The lowest BCUT2D eigenvalue weighted by Crippen LogP contribution is -2.46. The first-order valence-corrected chi connectivity index (χ1v) is 9.90. The largest absolute Gasteiger partial charge is 0.481 e. The van der Waals surface area contributed by atoms with Crippen molar-refractivity contribution in [2.75, 3.05) is 12.3 Å². The molecular weight excluding hydrogens is 400 g/mol. The summed E-state index contributed by atoms with van der Waals surface area (Å²) in [6.45, 7) is 0.245. The molecule has 1 unspecified atom stereocenters. The average molecular weight is 417 g/mol. The number of nitrogen functional groups attached to an aromatic ring is 1. The Hall–Kier alpha value is -1.18. The Morgan fingerprint density at radius 3 is 2.58 bits per heavy atom. The van der Waals surface area contributed by atoms with Gasteiger partial charge in [0.15, 0.2) is 6.23 Å². The van der Waals surface area contributed by atoms with E-state index in [4.69, 9.17) is 20.3 Å². The third-order valence-electron chi connectivity index (χ3n) is 3.47. The predicted molar refractivity (Wildman–Crippen MR) is 82.4 cm³/mol. The Bertz CT molecular complexity index is 821. The second-order valence-corrected chi connectivity index (χ2v) is 8.41. The van der Waals surface area contributed by atoms with Gasteiger partial charge in [-0.3, -0.25) is 9.09 Å². The molecule has 0 amide bonds. The van der Waals surface area contributed by atoms with E-state index in [0.29, 0.717) is 0 Å². The molecule has 0 aliphatic carbocycles. The van der Waals surface area contributed by atoms with Crippen molar-refractivity contribution in [3.63, 3.8) is 0 Å². The van der Waals surface area contributed by atoms with E-state index in [-0.39, 0.29) is 5.82 Å². The van der Waals surface area contributed by atoms with E-state index in [9.17, 15) is 29.0 Å². The van der Waals surface area contributed by atoms with Gasteiger partial charge in [0.25, 0.3) is 0 Å². The number of rotatable bonds is 6. The Balaban J connectivity index is 2.17. The summed E-state index contributed by atoms with van der Waals surface area (Å²) in [7, 11) is -10.5. The average Bonchev–Trinajstić information content (AvgIpc) is 2.66. The zero-order valence-electron chi connectivity index (χ0n) is 13.1. The number of aromatic nitrogens is 2. The molecule has 1 saturated heterocycles. The lowest BCUT2D eigenvalue weighted by atomic mass is 9.96. The smallest absolute Gasteiger partial charge is 0.387 e. The van der Waals surface area contributed by atoms with E-state index < -0.39 is 52.0 Å². The molecule has 1 aliphatic rings. The molecule has 0 aromatic carbocycles. The fourth-order valence-corrected chi connectivity index (χ4v) is 3.91. The molecule has 0 bridgehead atoms. The molecule has 1 aromatic rings. The monoisotopic (exact) mass is 417 g/mol. The fraction of sp³-hybridized carbons (Fsp3) is 0.600. The molecule has 0 spiro atoms. The molecule has 1 aromatic heterocycles. The van der Waals surface area contributed by atoms with E-state index in [2.05, 4.69) is 13.8 Å². The summed E-state index contributed by atoms with van der Waals surface area (Å²) >= 11 is 0. The van der Waals surface area contributed by atoms with Gasteiger partial charge in [-0.1, -0.05) is 0 Å². The topological polar surface area (TPSA) is 224 Å². The molecule has 26 heavy (non-hydrogen) atoms. The van der Waals surface area contributed by atoms with Crippen LogP contribution in [0.2, 0.25) is 0 Å². The Morgan fingerprint density at radius 2 is 2.04 bits per heavy atom. The third kappa shape index (κ3) is 4.75. The minimum absolute atomic E-state index is 0.0832. The minimum Gasteiger partial charge on any atom is -0.387 e. The molecule has 1 aliphatic heterocycles. The molecule has 2 heterocycles. The highest BCUT2D eigenvalue weighted by Crippen LogP contribution is 2.57.